The van der Waals surface area contributed by atoms with Crippen LogP contribution >= 0.6 is 0 Å². The van der Waals surface area contributed by atoms with Crippen molar-refractivity contribution < 1.29 is 28.9 Å². The van der Waals surface area contributed by atoms with Gasteiger partial charge in [-0.25, -0.2) is 4.79 Å². The molecule has 0 saturated heterocycles. The third-order valence-electron chi connectivity index (χ3n) is 4.31. The van der Waals surface area contributed by atoms with Crippen LogP contribution in [-0.2, 0) is 16.0 Å². The number of amides is 1. The molecule has 1 aliphatic carbocycles. The Morgan fingerprint density at radius 1 is 1.16 bits per heavy atom. The van der Waals surface area contributed by atoms with Crippen LogP contribution < -0.4 is 19.5 Å². The minimum absolute atomic E-state index is 0.167. The van der Waals surface area contributed by atoms with Crippen LogP contribution in [0.15, 0.2) is 12.1 Å². The third kappa shape index (κ3) is 5.01. The van der Waals surface area contributed by atoms with Crippen molar-refractivity contribution >= 4 is 11.9 Å². The summed E-state index contributed by atoms with van der Waals surface area (Å²) in [4.78, 5) is 23.4. The minimum Gasteiger partial charge on any atom is -0.493 e. The first-order chi connectivity index (χ1) is 12.0. The summed E-state index contributed by atoms with van der Waals surface area (Å²) >= 11 is 0. The van der Waals surface area contributed by atoms with Gasteiger partial charge in [0.15, 0.2) is 11.5 Å². The molecular weight excluding hydrogens is 326 g/mol. The first kappa shape index (κ1) is 18.9. The zero-order chi connectivity index (χ0) is 18.4. The zero-order valence-corrected chi connectivity index (χ0v) is 14.8. The summed E-state index contributed by atoms with van der Waals surface area (Å²) in [6.07, 6.45) is 3.16. The summed E-state index contributed by atoms with van der Waals surface area (Å²) in [5.41, 5.74) is 0.796. The fraction of sp³-hybridized carbons (Fsp3) is 0.556. The highest BCUT2D eigenvalue weighted by atomic mass is 16.5. The number of carbonyl (C=O) groups excluding carboxylic acids is 1. The van der Waals surface area contributed by atoms with E-state index in [2.05, 4.69) is 5.32 Å². The summed E-state index contributed by atoms with van der Waals surface area (Å²) in [7, 11) is 4.58. The third-order valence-corrected chi connectivity index (χ3v) is 4.31. The second-order valence-corrected chi connectivity index (χ2v) is 6.13. The lowest BCUT2D eigenvalue weighted by Crippen LogP contribution is -2.41. The van der Waals surface area contributed by atoms with Gasteiger partial charge in [0.1, 0.15) is 6.04 Å². The summed E-state index contributed by atoms with van der Waals surface area (Å²) in [5.74, 6) is 0.687. The summed E-state index contributed by atoms with van der Waals surface area (Å²) in [6, 6.07) is 2.75. The maximum absolute atomic E-state index is 12.1. The molecule has 0 radical (unpaired) electrons. The van der Waals surface area contributed by atoms with Crippen molar-refractivity contribution in [3.05, 3.63) is 17.7 Å². The molecule has 1 unspecified atom stereocenters. The number of aliphatic carboxylic acids is 1. The molecule has 0 spiro atoms. The molecule has 1 saturated carbocycles. The molecule has 0 bridgehead atoms. The molecular formula is C18H25NO6. The highest BCUT2D eigenvalue weighted by Gasteiger charge is 2.30. The second-order valence-electron chi connectivity index (χ2n) is 6.13. The van der Waals surface area contributed by atoms with E-state index in [1.54, 1.807) is 6.07 Å². The molecule has 2 rings (SSSR count). The van der Waals surface area contributed by atoms with Crippen LogP contribution in [0.3, 0.4) is 0 Å². The summed E-state index contributed by atoms with van der Waals surface area (Å²) in [6.45, 7) is 0. The van der Waals surface area contributed by atoms with Gasteiger partial charge in [-0.1, -0.05) is 18.9 Å². The Morgan fingerprint density at radius 2 is 1.84 bits per heavy atom. The fourth-order valence-electron chi connectivity index (χ4n) is 2.78. The second kappa shape index (κ2) is 8.60. The average Bonchev–Trinajstić information content (AvgIpc) is 3.42. The predicted molar refractivity (Wildman–Crippen MR) is 91.3 cm³/mol. The van der Waals surface area contributed by atoms with Crippen LogP contribution in [0, 0.1) is 5.92 Å². The van der Waals surface area contributed by atoms with Crippen LogP contribution in [-0.4, -0.2) is 44.4 Å². The quantitative estimate of drug-likeness (QED) is 0.670. The number of benzene rings is 1. The highest BCUT2D eigenvalue weighted by molar-refractivity contribution is 5.83. The summed E-state index contributed by atoms with van der Waals surface area (Å²) in [5, 5.41) is 11.8. The topological polar surface area (TPSA) is 94.1 Å². The Kier molecular flexibility index (Phi) is 6.50. The molecule has 7 nitrogen and oxygen atoms in total. The number of hydrogen-bond acceptors (Lipinski definition) is 5. The van der Waals surface area contributed by atoms with Crippen molar-refractivity contribution in [3.8, 4) is 17.2 Å². The molecule has 1 amide bonds. The number of carboxylic acids is 1. The Bertz CT molecular complexity index is 626. The Hall–Kier alpha value is -2.44. The number of aryl methyl sites for hydroxylation is 1. The molecule has 2 N–H and O–H groups in total. The maximum atomic E-state index is 12.1. The van der Waals surface area contributed by atoms with Crippen molar-refractivity contribution in [3.63, 3.8) is 0 Å². The van der Waals surface area contributed by atoms with Crippen LogP contribution in [0.2, 0.25) is 0 Å². The van der Waals surface area contributed by atoms with Crippen LogP contribution in [0.4, 0.5) is 0 Å². The van der Waals surface area contributed by atoms with Crippen molar-refractivity contribution in [2.75, 3.05) is 21.3 Å². The molecule has 0 aliphatic heterocycles. The number of carbonyl (C=O) groups is 2. The van der Waals surface area contributed by atoms with Gasteiger partial charge in [-0.2, -0.15) is 0 Å². The smallest absolute Gasteiger partial charge is 0.326 e. The lowest BCUT2D eigenvalue weighted by atomic mass is 10.1. The maximum Gasteiger partial charge on any atom is 0.326 e. The van der Waals surface area contributed by atoms with Crippen molar-refractivity contribution in [2.24, 2.45) is 5.92 Å². The minimum atomic E-state index is -0.982. The molecule has 25 heavy (non-hydrogen) atoms. The molecule has 1 aromatic rings. The van der Waals surface area contributed by atoms with Gasteiger partial charge in [-0.05, 0) is 30.4 Å². The van der Waals surface area contributed by atoms with E-state index in [0.29, 0.717) is 36.0 Å². The van der Waals surface area contributed by atoms with E-state index in [4.69, 9.17) is 14.2 Å². The first-order valence-electron chi connectivity index (χ1n) is 8.30. The lowest BCUT2D eigenvalue weighted by Gasteiger charge is -2.16. The van der Waals surface area contributed by atoms with Crippen molar-refractivity contribution in [1.82, 2.24) is 5.32 Å². The number of ether oxygens (including phenoxy) is 3. The van der Waals surface area contributed by atoms with E-state index in [9.17, 15) is 14.7 Å². The predicted octanol–water partition coefficient (Wildman–Crippen LogP) is 2.01. The Labute approximate surface area is 147 Å². The molecule has 0 heterocycles. The van der Waals surface area contributed by atoms with Gasteiger partial charge in [0.05, 0.1) is 21.3 Å². The van der Waals surface area contributed by atoms with Gasteiger partial charge >= 0.3 is 5.97 Å². The monoisotopic (exact) mass is 351 g/mol. The number of methoxy groups -OCH3 is 3. The van der Waals surface area contributed by atoms with E-state index in [0.717, 1.165) is 18.4 Å². The van der Waals surface area contributed by atoms with Gasteiger partial charge in [-0.3, -0.25) is 4.79 Å². The number of nitrogens with one attached hydrogen (secondary N) is 1. The molecule has 1 fully saturated rings. The Morgan fingerprint density at radius 3 is 2.36 bits per heavy atom. The largest absolute Gasteiger partial charge is 0.493 e. The van der Waals surface area contributed by atoms with E-state index in [-0.39, 0.29) is 12.3 Å². The van der Waals surface area contributed by atoms with Gasteiger partial charge in [0, 0.05) is 6.42 Å². The van der Waals surface area contributed by atoms with E-state index in [1.165, 1.54) is 21.3 Å². The molecule has 138 valence electrons. The van der Waals surface area contributed by atoms with Gasteiger partial charge in [0.25, 0.3) is 0 Å². The molecule has 7 heteroatoms. The van der Waals surface area contributed by atoms with Crippen molar-refractivity contribution in [1.29, 1.82) is 0 Å². The van der Waals surface area contributed by atoms with Crippen LogP contribution in [0.5, 0.6) is 17.2 Å². The van der Waals surface area contributed by atoms with Crippen molar-refractivity contribution in [2.45, 2.75) is 38.1 Å². The molecule has 0 aromatic heterocycles. The van der Waals surface area contributed by atoms with Gasteiger partial charge in [0.2, 0.25) is 11.7 Å². The van der Waals surface area contributed by atoms with Crippen LogP contribution in [0.25, 0.3) is 0 Å². The SMILES string of the molecule is COc1ccc(CCC(=O)NC(CC2CC2)C(=O)O)c(OC)c1OC. The molecule has 1 aromatic carbocycles. The lowest BCUT2D eigenvalue weighted by molar-refractivity contribution is -0.142. The van der Waals surface area contributed by atoms with Gasteiger partial charge in [-0.15, -0.1) is 0 Å². The zero-order valence-electron chi connectivity index (χ0n) is 14.8. The fourth-order valence-corrected chi connectivity index (χ4v) is 2.78. The number of hydrogen-bond donors (Lipinski definition) is 2. The van der Waals surface area contributed by atoms with Gasteiger partial charge < -0.3 is 24.6 Å². The first-order valence-corrected chi connectivity index (χ1v) is 8.30. The normalized spacial score (nSPS) is 14.5. The number of carboxylic acid groups (broad SMARTS) is 1. The highest BCUT2D eigenvalue weighted by Crippen LogP contribution is 2.40. The molecule has 1 atom stereocenters. The number of rotatable bonds is 10. The summed E-state index contributed by atoms with van der Waals surface area (Å²) < 4.78 is 15.9. The van der Waals surface area contributed by atoms with E-state index >= 15 is 0 Å². The van der Waals surface area contributed by atoms with E-state index < -0.39 is 12.0 Å². The standard InChI is InChI=1S/C18H25NO6/c1-23-14-8-6-12(16(24-2)17(14)25-3)7-9-15(20)19-13(18(21)22)10-11-4-5-11/h6,8,11,13H,4-5,7,9-10H2,1-3H3,(H,19,20)(H,21,22). The van der Waals surface area contributed by atoms with Crippen LogP contribution in [0.1, 0.15) is 31.2 Å². The Balaban J connectivity index is 1.99. The molecule has 1 aliphatic rings. The average molecular weight is 351 g/mol. The van der Waals surface area contributed by atoms with E-state index in [1.807, 2.05) is 6.07 Å².